The number of hydrogen-bond donors (Lipinski definition) is 1. The average Bonchev–Trinajstić information content (AvgIpc) is 2.16. The lowest BCUT2D eigenvalue weighted by atomic mass is 9.90. The molecule has 0 spiro atoms. The van der Waals surface area contributed by atoms with Crippen molar-refractivity contribution in [2.45, 2.75) is 19.3 Å². The highest BCUT2D eigenvalue weighted by atomic mass is 35.5. The van der Waals surface area contributed by atoms with Crippen molar-refractivity contribution in [1.29, 1.82) is 0 Å². The van der Waals surface area contributed by atoms with Crippen LogP contribution in [0.15, 0.2) is 17.3 Å². The molecule has 0 aromatic heterocycles. The van der Waals surface area contributed by atoms with Crippen LogP contribution >= 0.6 is 11.6 Å². The van der Waals surface area contributed by atoms with Gasteiger partial charge in [-0.3, -0.25) is 0 Å². The first-order valence-corrected chi connectivity index (χ1v) is 4.79. The summed E-state index contributed by atoms with van der Waals surface area (Å²) in [6.07, 6.45) is 2.26. The molecule has 1 aliphatic rings. The van der Waals surface area contributed by atoms with E-state index in [0.29, 0.717) is 22.7 Å². The molecule has 0 saturated heterocycles. The zero-order valence-corrected chi connectivity index (χ0v) is 8.18. The molecule has 0 unspecified atom stereocenters. The number of hydrogen-bond acceptors (Lipinski definition) is 2. The second kappa shape index (κ2) is 3.58. The molecule has 1 aromatic rings. The van der Waals surface area contributed by atoms with Crippen LogP contribution in [-0.4, -0.2) is 10.9 Å². The molecule has 0 heterocycles. The van der Waals surface area contributed by atoms with Crippen molar-refractivity contribution in [3.63, 3.8) is 0 Å². The molecule has 0 radical (unpaired) electrons. The van der Waals surface area contributed by atoms with Crippen molar-refractivity contribution in [2.75, 3.05) is 0 Å². The van der Waals surface area contributed by atoms with Crippen LogP contribution in [0.4, 0.5) is 4.39 Å². The number of oxime groups is 1. The van der Waals surface area contributed by atoms with Gasteiger partial charge in [0.15, 0.2) is 0 Å². The zero-order valence-electron chi connectivity index (χ0n) is 7.43. The maximum atomic E-state index is 13.5. The predicted molar refractivity (Wildman–Crippen MR) is 52.7 cm³/mol. The molecule has 2 nitrogen and oxygen atoms in total. The van der Waals surface area contributed by atoms with Crippen LogP contribution in [-0.2, 0) is 6.42 Å². The molecule has 0 atom stereocenters. The Morgan fingerprint density at radius 2 is 2.14 bits per heavy atom. The van der Waals surface area contributed by atoms with Gasteiger partial charge in [0.2, 0.25) is 0 Å². The number of aryl methyl sites for hydroxylation is 1. The maximum Gasteiger partial charge on any atom is 0.134 e. The number of halogens is 2. The smallest absolute Gasteiger partial charge is 0.134 e. The van der Waals surface area contributed by atoms with Crippen molar-refractivity contribution in [3.05, 3.63) is 34.1 Å². The Labute approximate surface area is 86.0 Å². The Kier molecular flexibility index (Phi) is 2.42. The van der Waals surface area contributed by atoms with Crippen molar-refractivity contribution in [3.8, 4) is 0 Å². The van der Waals surface area contributed by atoms with E-state index in [2.05, 4.69) is 5.16 Å². The second-order valence-corrected chi connectivity index (χ2v) is 3.76. The van der Waals surface area contributed by atoms with Crippen LogP contribution in [0.1, 0.15) is 24.0 Å². The van der Waals surface area contributed by atoms with Crippen LogP contribution < -0.4 is 0 Å². The van der Waals surface area contributed by atoms with Gasteiger partial charge in [0.25, 0.3) is 0 Å². The molecule has 0 aliphatic heterocycles. The summed E-state index contributed by atoms with van der Waals surface area (Å²) < 4.78 is 13.5. The van der Waals surface area contributed by atoms with E-state index in [1.165, 1.54) is 6.07 Å². The summed E-state index contributed by atoms with van der Waals surface area (Å²) in [5, 5.41) is 12.2. The highest BCUT2D eigenvalue weighted by Gasteiger charge is 2.20. The molecule has 0 fully saturated rings. The van der Waals surface area contributed by atoms with Crippen molar-refractivity contribution in [2.24, 2.45) is 5.16 Å². The van der Waals surface area contributed by atoms with Crippen molar-refractivity contribution < 1.29 is 9.60 Å². The summed E-state index contributed by atoms with van der Waals surface area (Å²) in [6.45, 7) is 0. The van der Waals surface area contributed by atoms with E-state index in [4.69, 9.17) is 16.8 Å². The Morgan fingerprint density at radius 3 is 2.86 bits per heavy atom. The van der Waals surface area contributed by atoms with E-state index in [9.17, 15) is 4.39 Å². The lowest BCUT2D eigenvalue weighted by Crippen LogP contribution is -2.14. The SMILES string of the molecule is O/N=C1\CCCc2cc(Cl)cc(F)c21. The van der Waals surface area contributed by atoms with Gasteiger partial charge < -0.3 is 5.21 Å². The topological polar surface area (TPSA) is 32.6 Å². The molecule has 2 rings (SSSR count). The highest BCUT2D eigenvalue weighted by molar-refractivity contribution is 6.30. The molecule has 0 saturated carbocycles. The first kappa shape index (κ1) is 9.46. The molecular weight excluding hydrogens is 205 g/mol. The van der Waals surface area contributed by atoms with E-state index in [1.807, 2.05) is 0 Å². The first-order valence-electron chi connectivity index (χ1n) is 4.41. The van der Waals surface area contributed by atoms with Crippen LogP contribution in [0.2, 0.25) is 5.02 Å². The normalized spacial score (nSPS) is 18.3. The number of benzene rings is 1. The van der Waals surface area contributed by atoms with Crippen molar-refractivity contribution in [1.82, 2.24) is 0 Å². The Hall–Kier alpha value is -1.09. The Balaban J connectivity index is 2.63. The largest absolute Gasteiger partial charge is 0.411 e. The van der Waals surface area contributed by atoms with Gasteiger partial charge in [-0.2, -0.15) is 0 Å². The van der Waals surface area contributed by atoms with E-state index in [-0.39, 0.29) is 0 Å². The summed E-state index contributed by atoms with van der Waals surface area (Å²) in [4.78, 5) is 0. The minimum Gasteiger partial charge on any atom is -0.411 e. The van der Waals surface area contributed by atoms with E-state index in [1.54, 1.807) is 6.07 Å². The monoisotopic (exact) mass is 213 g/mol. The van der Waals surface area contributed by atoms with Gasteiger partial charge >= 0.3 is 0 Å². The van der Waals surface area contributed by atoms with Gasteiger partial charge in [-0.05, 0) is 37.0 Å². The van der Waals surface area contributed by atoms with Gasteiger partial charge in [0.1, 0.15) is 5.82 Å². The standard InChI is InChI=1S/C10H9ClFNO/c11-7-4-6-2-1-3-9(13-14)10(6)8(12)5-7/h4-5,14H,1-3H2/b13-9+. The second-order valence-electron chi connectivity index (χ2n) is 3.32. The van der Waals surface area contributed by atoms with E-state index in [0.717, 1.165) is 18.4 Å². The molecule has 1 aliphatic carbocycles. The fraction of sp³-hybridized carbons (Fsp3) is 0.300. The molecule has 14 heavy (non-hydrogen) atoms. The van der Waals surface area contributed by atoms with Crippen LogP contribution in [0.25, 0.3) is 0 Å². The van der Waals surface area contributed by atoms with Gasteiger partial charge in [-0.1, -0.05) is 16.8 Å². The third kappa shape index (κ3) is 1.48. The van der Waals surface area contributed by atoms with Gasteiger partial charge in [-0.15, -0.1) is 0 Å². The summed E-state index contributed by atoms with van der Waals surface area (Å²) in [7, 11) is 0. The zero-order chi connectivity index (χ0) is 10.1. The fourth-order valence-electron chi connectivity index (χ4n) is 1.82. The molecule has 0 amide bonds. The summed E-state index contributed by atoms with van der Waals surface area (Å²) in [5.74, 6) is -0.403. The van der Waals surface area contributed by atoms with Crippen LogP contribution in [0.3, 0.4) is 0 Å². The van der Waals surface area contributed by atoms with Gasteiger partial charge in [-0.25, -0.2) is 4.39 Å². The Morgan fingerprint density at radius 1 is 1.36 bits per heavy atom. The van der Waals surface area contributed by atoms with Gasteiger partial charge in [0, 0.05) is 10.6 Å². The number of nitrogens with zero attached hydrogens (tertiary/aromatic N) is 1. The molecule has 1 aromatic carbocycles. The molecule has 0 bridgehead atoms. The third-order valence-corrected chi connectivity index (χ3v) is 2.62. The number of rotatable bonds is 0. The van der Waals surface area contributed by atoms with E-state index >= 15 is 0 Å². The molecule has 4 heteroatoms. The minimum absolute atomic E-state index is 0.389. The number of fused-ring (bicyclic) bond motifs is 1. The van der Waals surface area contributed by atoms with Gasteiger partial charge in [0.05, 0.1) is 5.71 Å². The van der Waals surface area contributed by atoms with E-state index < -0.39 is 5.82 Å². The maximum absolute atomic E-state index is 13.5. The predicted octanol–water partition coefficient (Wildman–Crippen LogP) is 2.99. The van der Waals surface area contributed by atoms with Crippen LogP contribution in [0, 0.1) is 5.82 Å². The molecule has 1 N–H and O–H groups in total. The highest BCUT2D eigenvalue weighted by Crippen LogP contribution is 2.27. The lowest BCUT2D eigenvalue weighted by Gasteiger charge is -2.17. The Bertz CT molecular complexity index is 403. The summed E-state index contributed by atoms with van der Waals surface area (Å²) in [5.41, 5.74) is 1.66. The third-order valence-electron chi connectivity index (χ3n) is 2.41. The summed E-state index contributed by atoms with van der Waals surface area (Å²) >= 11 is 5.73. The van der Waals surface area contributed by atoms with Crippen LogP contribution in [0.5, 0.6) is 0 Å². The quantitative estimate of drug-likeness (QED) is 0.522. The fourth-order valence-corrected chi connectivity index (χ4v) is 2.05. The molecular formula is C10H9ClFNO. The summed E-state index contributed by atoms with van der Waals surface area (Å²) in [6, 6.07) is 2.97. The first-order chi connectivity index (χ1) is 6.72. The van der Waals surface area contributed by atoms with Crippen molar-refractivity contribution >= 4 is 17.3 Å². The lowest BCUT2D eigenvalue weighted by molar-refractivity contribution is 0.317. The molecule has 74 valence electrons. The average molecular weight is 214 g/mol. The minimum atomic E-state index is -0.403.